The molecule has 1 aliphatic rings. The van der Waals surface area contributed by atoms with Crippen molar-refractivity contribution < 1.29 is 4.74 Å². The van der Waals surface area contributed by atoms with E-state index in [-0.39, 0.29) is 0 Å². The highest BCUT2D eigenvalue weighted by atomic mass is 16.5. The van der Waals surface area contributed by atoms with Crippen LogP contribution in [0.1, 0.15) is 17.9 Å². The van der Waals surface area contributed by atoms with Crippen LogP contribution in [-0.2, 0) is 0 Å². The van der Waals surface area contributed by atoms with Gasteiger partial charge in [-0.25, -0.2) is 0 Å². The molecule has 0 spiro atoms. The Bertz CT molecular complexity index is 559. The van der Waals surface area contributed by atoms with Crippen LogP contribution in [0.15, 0.2) is 48.5 Å². The molecule has 1 aliphatic heterocycles. The van der Waals surface area contributed by atoms with Crippen molar-refractivity contribution in [3.63, 3.8) is 0 Å². The van der Waals surface area contributed by atoms with Crippen molar-refractivity contribution in [1.29, 1.82) is 0 Å². The zero-order chi connectivity index (χ0) is 13.1. The lowest BCUT2D eigenvalue weighted by atomic mass is 9.94. The SMILES string of the molecule is COc1cccc(-c2cccc(C3CCNC3)c2)c1. The molecule has 0 radical (unpaired) electrons. The molecule has 0 aromatic heterocycles. The molecule has 1 saturated heterocycles. The van der Waals surface area contributed by atoms with Gasteiger partial charge in [0.1, 0.15) is 5.75 Å². The van der Waals surface area contributed by atoms with Gasteiger partial charge in [0.25, 0.3) is 0 Å². The van der Waals surface area contributed by atoms with Crippen LogP contribution in [-0.4, -0.2) is 20.2 Å². The summed E-state index contributed by atoms with van der Waals surface area (Å²) in [6.07, 6.45) is 1.24. The van der Waals surface area contributed by atoms with Gasteiger partial charge in [-0.2, -0.15) is 0 Å². The third-order valence-electron chi connectivity index (χ3n) is 3.82. The van der Waals surface area contributed by atoms with E-state index in [0.29, 0.717) is 5.92 Å². The van der Waals surface area contributed by atoms with Crippen molar-refractivity contribution in [3.8, 4) is 16.9 Å². The van der Waals surface area contributed by atoms with E-state index in [1.54, 1.807) is 7.11 Å². The Morgan fingerprint density at radius 2 is 1.84 bits per heavy atom. The molecular formula is C17H19NO. The monoisotopic (exact) mass is 253 g/mol. The maximum absolute atomic E-state index is 5.30. The molecule has 0 bridgehead atoms. The van der Waals surface area contributed by atoms with Gasteiger partial charge in [-0.15, -0.1) is 0 Å². The summed E-state index contributed by atoms with van der Waals surface area (Å²) in [4.78, 5) is 0. The van der Waals surface area contributed by atoms with Gasteiger partial charge in [0.05, 0.1) is 7.11 Å². The molecule has 1 atom stereocenters. The van der Waals surface area contributed by atoms with Gasteiger partial charge in [-0.05, 0) is 47.7 Å². The predicted molar refractivity (Wildman–Crippen MR) is 78.7 cm³/mol. The Hall–Kier alpha value is -1.80. The van der Waals surface area contributed by atoms with Gasteiger partial charge in [0.15, 0.2) is 0 Å². The first kappa shape index (κ1) is 12.2. The van der Waals surface area contributed by atoms with Crippen molar-refractivity contribution in [2.45, 2.75) is 12.3 Å². The van der Waals surface area contributed by atoms with E-state index in [0.717, 1.165) is 18.8 Å². The zero-order valence-electron chi connectivity index (χ0n) is 11.2. The normalized spacial score (nSPS) is 18.5. The Morgan fingerprint density at radius 3 is 2.58 bits per heavy atom. The van der Waals surface area contributed by atoms with Crippen molar-refractivity contribution in [1.82, 2.24) is 5.32 Å². The van der Waals surface area contributed by atoms with Crippen LogP contribution in [0.4, 0.5) is 0 Å². The quantitative estimate of drug-likeness (QED) is 0.904. The molecule has 2 aromatic rings. The number of hydrogen-bond acceptors (Lipinski definition) is 2. The maximum atomic E-state index is 5.30. The van der Waals surface area contributed by atoms with Crippen LogP contribution in [0.5, 0.6) is 5.75 Å². The molecule has 0 amide bonds. The van der Waals surface area contributed by atoms with Gasteiger partial charge >= 0.3 is 0 Å². The highest BCUT2D eigenvalue weighted by Gasteiger charge is 2.16. The van der Waals surface area contributed by atoms with Crippen LogP contribution in [0, 0.1) is 0 Å². The minimum atomic E-state index is 0.658. The van der Waals surface area contributed by atoms with Crippen LogP contribution in [0.25, 0.3) is 11.1 Å². The molecule has 1 heterocycles. The smallest absolute Gasteiger partial charge is 0.119 e. The number of ether oxygens (including phenoxy) is 1. The van der Waals surface area contributed by atoms with Crippen LogP contribution >= 0.6 is 0 Å². The van der Waals surface area contributed by atoms with E-state index >= 15 is 0 Å². The number of rotatable bonds is 3. The summed E-state index contributed by atoms with van der Waals surface area (Å²) in [6, 6.07) is 17.1. The van der Waals surface area contributed by atoms with Gasteiger partial charge in [-0.1, -0.05) is 36.4 Å². The minimum absolute atomic E-state index is 0.658. The Morgan fingerprint density at radius 1 is 1.05 bits per heavy atom. The second-order valence-electron chi connectivity index (χ2n) is 5.05. The average Bonchev–Trinajstić information content (AvgIpc) is 3.02. The fourth-order valence-corrected chi connectivity index (χ4v) is 2.71. The molecular weight excluding hydrogens is 234 g/mol. The van der Waals surface area contributed by atoms with Gasteiger partial charge in [-0.3, -0.25) is 0 Å². The number of methoxy groups -OCH3 is 1. The standard InChI is InChI=1S/C17H19NO/c1-19-17-7-3-6-15(11-17)13-4-2-5-14(10-13)16-8-9-18-12-16/h2-7,10-11,16,18H,8-9,12H2,1H3. The molecule has 1 fully saturated rings. The van der Waals surface area contributed by atoms with Crippen LogP contribution in [0.3, 0.4) is 0 Å². The summed E-state index contributed by atoms with van der Waals surface area (Å²) in [5.41, 5.74) is 3.92. The molecule has 2 aromatic carbocycles. The molecule has 2 nitrogen and oxygen atoms in total. The first-order valence-electron chi connectivity index (χ1n) is 6.82. The lowest BCUT2D eigenvalue weighted by Gasteiger charge is -2.11. The van der Waals surface area contributed by atoms with E-state index < -0.39 is 0 Å². The van der Waals surface area contributed by atoms with Gasteiger partial charge in [0, 0.05) is 6.54 Å². The summed E-state index contributed by atoms with van der Waals surface area (Å²) in [5, 5.41) is 3.43. The molecule has 98 valence electrons. The third-order valence-corrected chi connectivity index (χ3v) is 3.82. The maximum Gasteiger partial charge on any atom is 0.119 e. The van der Waals surface area contributed by atoms with E-state index in [1.165, 1.54) is 23.1 Å². The minimum Gasteiger partial charge on any atom is -0.497 e. The summed E-state index contributed by atoms with van der Waals surface area (Å²) in [6.45, 7) is 2.23. The second kappa shape index (κ2) is 5.45. The Balaban J connectivity index is 1.93. The van der Waals surface area contributed by atoms with Crippen LogP contribution in [0.2, 0.25) is 0 Å². The number of hydrogen-bond donors (Lipinski definition) is 1. The fraction of sp³-hybridized carbons (Fsp3) is 0.294. The highest BCUT2D eigenvalue weighted by molar-refractivity contribution is 5.66. The lowest BCUT2D eigenvalue weighted by molar-refractivity contribution is 0.415. The highest BCUT2D eigenvalue weighted by Crippen LogP contribution is 2.28. The number of benzene rings is 2. The van der Waals surface area contributed by atoms with Crippen molar-refractivity contribution in [2.75, 3.05) is 20.2 Å². The molecule has 1 unspecified atom stereocenters. The molecule has 19 heavy (non-hydrogen) atoms. The summed E-state index contributed by atoms with van der Waals surface area (Å²) >= 11 is 0. The molecule has 3 rings (SSSR count). The van der Waals surface area contributed by atoms with E-state index in [9.17, 15) is 0 Å². The molecule has 0 aliphatic carbocycles. The Labute approximate surface area is 114 Å². The number of nitrogens with one attached hydrogen (secondary N) is 1. The summed E-state index contributed by atoms with van der Waals surface area (Å²) < 4.78 is 5.30. The zero-order valence-corrected chi connectivity index (χ0v) is 11.2. The van der Waals surface area contributed by atoms with Crippen LogP contribution < -0.4 is 10.1 Å². The first-order valence-corrected chi connectivity index (χ1v) is 6.82. The van der Waals surface area contributed by atoms with E-state index in [2.05, 4.69) is 41.7 Å². The molecule has 2 heteroatoms. The second-order valence-corrected chi connectivity index (χ2v) is 5.05. The van der Waals surface area contributed by atoms with Crippen molar-refractivity contribution >= 4 is 0 Å². The lowest BCUT2D eigenvalue weighted by Crippen LogP contribution is -2.07. The molecule has 1 N–H and O–H groups in total. The van der Waals surface area contributed by atoms with E-state index in [1.807, 2.05) is 12.1 Å². The predicted octanol–water partition coefficient (Wildman–Crippen LogP) is 3.44. The van der Waals surface area contributed by atoms with Crippen molar-refractivity contribution in [3.05, 3.63) is 54.1 Å². The Kier molecular flexibility index (Phi) is 3.51. The fourth-order valence-electron chi connectivity index (χ4n) is 2.71. The van der Waals surface area contributed by atoms with Crippen molar-refractivity contribution in [2.24, 2.45) is 0 Å². The topological polar surface area (TPSA) is 21.3 Å². The summed E-state index contributed by atoms with van der Waals surface area (Å²) in [7, 11) is 1.71. The van der Waals surface area contributed by atoms with Gasteiger partial charge in [0.2, 0.25) is 0 Å². The molecule has 0 saturated carbocycles. The van der Waals surface area contributed by atoms with Gasteiger partial charge < -0.3 is 10.1 Å². The third kappa shape index (κ3) is 2.64. The largest absolute Gasteiger partial charge is 0.497 e. The van der Waals surface area contributed by atoms with E-state index in [4.69, 9.17) is 4.74 Å². The first-order chi connectivity index (χ1) is 9.36. The average molecular weight is 253 g/mol. The summed E-state index contributed by atoms with van der Waals surface area (Å²) in [5.74, 6) is 1.57.